The topological polar surface area (TPSA) is 89.9 Å². The average Bonchev–Trinajstić information content (AvgIpc) is 3.28. The van der Waals surface area contributed by atoms with Gasteiger partial charge in [-0.25, -0.2) is 9.97 Å². The van der Waals surface area contributed by atoms with Crippen molar-refractivity contribution in [1.29, 1.82) is 0 Å². The van der Waals surface area contributed by atoms with E-state index < -0.39 is 22.8 Å². The van der Waals surface area contributed by atoms with Crippen LogP contribution in [0.4, 0.5) is 19.0 Å². The molecule has 0 aliphatic rings. The number of benzene rings is 2. The van der Waals surface area contributed by atoms with Gasteiger partial charge in [-0.3, -0.25) is 0 Å². The molecule has 0 amide bonds. The molecule has 0 fully saturated rings. The van der Waals surface area contributed by atoms with Crippen LogP contribution >= 0.6 is 11.6 Å². The van der Waals surface area contributed by atoms with Crippen molar-refractivity contribution in [2.45, 2.75) is 12.2 Å². The van der Waals surface area contributed by atoms with Crippen LogP contribution in [0.3, 0.4) is 0 Å². The number of rotatable bonds is 6. The van der Waals surface area contributed by atoms with Crippen LogP contribution < -0.4 is 11.1 Å². The number of aromatic nitrogens is 3. The van der Waals surface area contributed by atoms with Gasteiger partial charge in [0.25, 0.3) is 0 Å². The molecule has 1 atom stereocenters. The lowest BCUT2D eigenvalue weighted by atomic mass is 10.1. The Labute approximate surface area is 186 Å². The highest BCUT2D eigenvalue weighted by Gasteiger charge is 2.33. The van der Waals surface area contributed by atoms with Gasteiger partial charge < -0.3 is 15.6 Å². The van der Waals surface area contributed by atoms with Gasteiger partial charge in [-0.15, -0.1) is 0 Å². The summed E-state index contributed by atoms with van der Waals surface area (Å²) >= 11 is 5.81. The first-order valence-corrected chi connectivity index (χ1v) is 9.90. The highest BCUT2D eigenvalue weighted by atomic mass is 35.5. The van der Waals surface area contributed by atoms with E-state index in [0.29, 0.717) is 28.5 Å². The van der Waals surface area contributed by atoms with Gasteiger partial charge in [0.2, 0.25) is 0 Å². The number of nitrogens with one attached hydrogen (secondary N) is 1. The van der Waals surface area contributed by atoms with Crippen molar-refractivity contribution in [3.63, 3.8) is 0 Å². The van der Waals surface area contributed by atoms with Crippen molar-refractivity contribution in [2.75, 3.05) is 11.9 Å². The van der Waals surface area contributed by atoms with Crippen molar-refractivity contribution in [1.82, 2.24) is 15.1 Å². The van der Waals surface area contributed by atoms with Crippen LogP contribution in [0, 0.1) is 0 Å². The highest BCUT2D eigenvalue weighted by molar-refractivity contribution is 6.31. The van der Waals surface area contributed by atoms with Gasteiger partial charge in [-0.1, -0.05) is 53.2 Å². The minimum atomic E-state index is -4.52. The van der Waals surface area contributed by atoms with Crippen LogP contribution in [0.2, 0.25) is 5.02 Å². The monoisotopic (exact) mass is 459 g/mol. The first kappa shape index (κ1) is 21.8. The molecule has 0 radical (unpaired) electrons. The Bertz CT molecular complexity index is 1210. The molecule has 0 bridgehead atoms. The number of hydrogen-bond acceptors (Lipinski definition) is 6. The lowest BCUT2D eigenvalue weighted by Gasteiger charge is -2.12. The Hall–Kier alpha value is -3.43. The summed E-state index contributed by atoms with van der Waals surface area (Å²) in [5, 5.41) is 6.72. The molecule has 6 nitrogen and oxygen atoms in total. The fourth-order valence-electron chi connectivity index (χ4n) is 3.04. The van der Waals surface area contributed by atoms with E-state index >= 15 is 0 Å². The van der Waals surface area contributed by atoms with Gasteiger partial charge in [0.15, 0.2) is 5.76 Å². The van der Waals surface area contributed by atoms with Gasteiger partial charge >= 0.3 is 6.18 Å². The Morgan fingerprint density at radius 1 is 0.969 bits per heavy atom. The Balaban J connectivity index is 1.45. The number of nitrogens with two attached hydrogens (primary N) is 1. The summed E-state index contributed by atoms with van der Waals surface area (Å²) in [6.07, 6.45) is -3.22. The number of anilines is 1. The zero-order chi connectivity index (χ0) is 22.7. The van der Waals surface area contributed by atoms with Gasteiger partial charge in [-0.2, -0.15) is 13.2 Å². The maximum Gasteiger partial charge on any atom is 0.417 e. The van der Waals surface area contributed by atoms with Gasteiger partial charge in [-0.05, 0) is 12.1 Å². The highest BCUT2D eigenvalue weighted by Crippen LogP contribution is 2.36. The van der Waals surface area contributed by atoms with Crippen molar-refractivity contribution in [3.8, 4) is 22.5 Å². The number of hydrogen-bond donors (Lipinski definition) is 2. The molecule has 164 valence electrons. The summed E-state index contributed by atoms with van der Waals surface area (Å²) < 4.78 is 44.1. The first-order chi connectivity index (χ1) is 15.3. The molecule has 2 aromatic carbocycles. The van der Waals surface area contributed by atoms with Crippen LogP contribution in [0.5, 0.6) is 0 Å². The van der Waals surface area contributed by atoms with Crippen LogP contribution in [0.1, 0.15) is 17.4 Å². The third-order valence-electron chi connectivity index (χ3n) is 4.70. The Morgan fingerprint density at radius 3 is 2.47 bits per heavy atom. The zero-order valence-electron chi connectivity index (χ0n) is 16.5. The van der Waals surface area contributed by atoms with Crippen LogP contribution in [0.25, 0.3) is 22.5 Å². The summed E-state index contributed by atoms with van der Waals surface area (Å²) in [6, 6.07) is 15.9. The summed E-state index contributed by atoms with van der Waals surface area (Å²) in [5.41, 5.74) is 7.74. The molecule has 0 saturated carbocycles. The lowest BCUT2D eigenvalue weighted by Crippen LogP contribution is -2.20. The smallest absolute Gasteiger partial charge is 0.368 e. The standard InChI is InChI=1S/C22H17ClF3N5O/c23-16-8-14(6-7-15(16)22(24,25)26)18-10-21(30-12-29-18)28-11-17(27)20-9-19(31-32-20)13-4-2-1-3-5-13/h1-10,12,17H,11,27H2,(H,28,29,30)/t17-/m0/s1. The normalized spacial score (nSPS) is 12.5. The van der Waals surface area contributed by atoms with Gasteiger partial charge in [0, 0.05) is 29.8 Å². The predicted octanol–water partition coefficient (Wildman–Crippen LogP) is 5.58. The summed E-state index contributed by atoms with van der Waals surface area (Å²) in [7, 11) is 0. The van der Waals surface area contributed by atoms with E-state index in [1.807, 2.05) is 30.3 Å². The first-order valence-electron chi connectivity index (χ1n) is 9.52. The largest absolute Gasteiger partial charge is 0.417 e. The Morgan fingerprint density at radius 2 is 1.75 bits per heavy atom. The van der Waals surface area contributed by atoms with E-state index in [4.69, 9.17) is 21.9 Å². The fraction of sp³-hybridized carbons (Fsp3) is 0.136. The molecule has 32 heavy (non-hydrogen) atoms. The number of nitrogens with zero attached hydrogens (tertiary/aromatic N) is 3. The zero-order valence-corrected chi connectivity index (χ0v) is 17.2. The van der Waals surface area contributed by atoms with E-state index in [0.717, 1.165) is 11.6 Å². The molecule has 2 heterocycles. The number of halogens is 4. The van der Waals surface area contributed by atoms with Crippen LogP contribution in [-0.2, 0) is 6.18 Å². The second-order valence-electron chi connectivity index (χ2n) is 6.95. The van der Waals surface area contributed by atoms with E-state index in [2.05, 4.69) is 20.4 Å². The molecule has 3 N–H and O–H groups in total. The van der Waals surface area contributed by atoms with E-state index in [1.54, 1.807) is 12.1 Å². The molecule has 10 heteroatoms. The van der Waals surface area contributed by atoms with E-state index in [1.165, 1.54) is 18.5 Å². The molecule has 0 aliphatic heterocycles. The molecule has 2 aromatic heterocycles. The minimum absolute atomic E-state index is 0.285. The fourth-order valence-corrected chi connectivity index (χ4v) is 3.33. The summed E-state index contributed by atoms with van der Waals surface area (Å²) in [6.45, 7) is 0.285. The maximum absolute atomic E-state index is 12.9. The quantitative estimate of drug-likeness (QED) is 0.391. The maximum atomic E-state index is 12.9. The summed E-state index contributed by atoms with van der Waals surface area (Å²) in [4.78, 5) is 8.24. The molecular formula is C22H17ClF3N5O. The molecule has 0 spiro atoms. The van der Waals surface area contributed by atoms with Crippen LogP contribution in [-0.4, -0.2) is 21.7 Å². The van der Waals surface area contributed by atoms with Gasteiger partial charge in [0.1, 0.15) is 17.8 Å². The van der Waals surface area contributed by atoms with Crippen molar-refractivity contribution < 1.29 is 17.7 Å². The molecule has 4 rings (SSSR count). The molecular weight excluding hydrogens is 443 g/mol. The Kier molecular flexibility index (Phi) is 6.11. The van der Waals surface area contributed by atoms with E-state index in [9.17, 15) is 13.2 Å². The van der Waals surface area contributed by atoms with Crippen molar-refractivity contribution in [2.24, 2.45) is 5.73 Å². The third kappa shape index (κ3) is 4.90. The van der Waals surface area contributed by atoms with E-state index in [-0.39, 0.29) is 6.54 Å². The average molecular weight is 460 g/mol. The van der Waals surface area contributed by atoms with Crippen molar-refractivity contribution in [3.05, 3.63) is 83.3 Å². The SMILES string of the molecule is N[C@@H](CNc1cc(-c2ccc(C(F)(F)F)c(Cl)c2)ncn1)c1cc(-c2ccccc2)no1. The second-order valence-corrected chi connectivity index (χ2v) is 7.36. The summed E-state index contributed by atoms with van der Waals surface area (Å²) in [5.74, 6) is 0.949. The van der Waals surface area contributed by atoms with Crippen LogP contribution in [0.15, 0.2) is 71.5 Å². The minimum Gasteiger partial charge on any atom is -0.368 e. The molecule has 0 saturated heterocycles. The molecule has 0 unspecified atom stereocenters. The third-order valence-corrected chi connectivity index (χ3v) is 5.02. The molecule has 4 aromatic rings. The predicted molar refractivity (Wildman–Crippen MR) is 115 cm³/mol. The number of alkyl halides is 3. The lowest BCUT2D eigenvalue weighted by molar-refractivity contribution is -0.137. The second kappa shape index (κ2) is 8.97. The van der Waals surface area contributed by atoms with Gasteiger partial charge in [0.05, 0.1) is 22.3 Å². The van der Waals surface area contributed by atoms with Crippen molar-refractivity contribution >= 4 is 17.4 Å². The molecule has 0 aliphatic carbocycles.